The first-order chi connectivity index (χ1) is 10.5. The average Bonchev–Trinajstić information content (AvgIpc) is 3.02. The van der Waals surface area contributed by atoms with E-state index in [4.69, 9.17) is 9.47 Å². The van der Waals surface area contributed by atoms with Crippen LogP contribution in [0.15, 0.2) is 39.9 Å². The van der Waals surface area contributed by atoms with Crippen molar-refractivity contribution in [3.8, 4) is 5.75 Å². The molecular weight excluding hydrogens is 329 g/mol. The van der Waals surface area contributed by atoms with Crippen molar-refractivity contribution in [3.63, 3.8) is 0 Å². The van der Waals surface area contributed by atoms with Gasteiger partial charge in [-0.2, -0.15) is 11.3 Å². The summed E-state index contributed by atoms with van der Waals surface area (Å²) in [6, 6.07) is 5.20. The topological polar surface area (TPSA) is 64.6 Å². The Morgan fingerprint density at radius 1 is 1.32 bits per heavy atom. The van der Waals surface area contributed by atoms with Crippen molar-refractivity contribution in [1.82, 2.24) is 4.72 Å². The van der Waals surface area contributed by atoms with Crippen LogP contribution in [0, 0.1) is 5.82 Å². The van der Waals surface area contributed by atoms with Gasteiger partial charge in [-0.3, -0.25) is 0 Å². The first-order valence-corrected chi connectivity index (χ1v) is 8.78. The molecule has 2 aromatic rings. The molecule has 120 valence electrons. The van der Waals surface area contributed by atoms with E-state index >= 15 is 0 Å². The lowest BCUT2D eigenvalue weighted by molar-refractivity contribution is 0.107. The van der Waals surface area contributed by atoms with Gasteiger partial charge in [0.1, 0.15) is 16.5 Å². The molecule has 0 aliphatic heterocycles. The van der Waals surface area contributed by atoms with Crippen molar-refractivity contribution in [1.29, 1.82) is 0 Å². The summed E-state index contributed by atoms with van der Waals surface area (Å²) in [5, 5.41) is 3.76. The van der Waals surface area contributed by atoms with E-state index in [0.717, 1.165) is 17.7 Å². The maximum absolute atomic E-state index is 13.3. The second-order valence-electron chi connectivity index (χ2n) is 4.43. The van der Waals surface area contributed by atoms with Crippen molar-refractivity contribution in [2.75, 3.05) is 20.8 Å². The van der Waals surface area contributed by atoms with Crippen LogP contribution in [0.3, 0.4) is 0 Å². The quantitative estimate of drug-likeness (QED) is 0.838. The molecule has 2 rings (SSSR count). The summed E-state index contributed by atoms with van der Waals surface area (Å²) in [5.41, 5.74) is 0.876. The SMILES string of the molecule is COc1ccc(F)cc1S(=O)(=O)NCC(OC)c1ccsc1. The number of methoxy groups -OCH3 is 2. The highest BCUT2D eigenvalue weighted by Gasteiger charge is 2.22. The van der Waals surface area contributed by atoms with Crippen molar-refractivity contribution < 1.29 is 22.3 Å². The maximum atomic E-state index is 13.3. The van der Waals surface area contributed by atoms with E-state index in [2.05, 4.69) is 4.72 Å². The number of benzene rings is 1. The lowest BCUT2D eigenvalue weighted by Crippen LogP contribution is -2.29. The molecule has 0 fully saturated rings. The van der Waals surface area contributed by atoms with Crippen molar-refractivity contribution in [2.45, 2.75) is 11.0 Å². The summed E-state index contributed by atoms with van der Waals surface area (Å²) < 4.78 is 50.7. The molecule has 1 aromatic heterocycles. The van der Waals surface area contributed by atoms with Crippen LogP contribution in [0.25, 0.3) is 0 Å². The highest BCUT2D eigenvalue weighted by Crippen LogP contribution is 2.25. The zero-order valence-electron chi connectivity index (χ0n) is 12.1. The second kappa shape index (κ2) is 7.19. The summed E-state index contributed by atoms with van der Waals surface area (Å²) in [6.45, 7) is 0.0369. The molecule has 8 heteroatoms. The van der Waals surface area contributed by atoms with Gasteiger partial charge in [0.05, 0.1) is 13.2 Å². The van der Waals surface area contributed by atoms with Crippen LogP contribution < -0.4 is 9.46 Å². The van der Waals surface area contributed by atoms with E-state index in [0.29, 0.717) is 0 Å². The lowest BCUT2D eigenvalue weighted by atomic mass is 10.2. The van der Waals surface area contributed by atoms with E-state index < -0.39 is 21.9 Å². The van der Waals surface area contributed by atoms with Gasteiger partial charge in [0, 0.05) is 13.7 Å². The molecule has 0 aliphatic carbocycles. The number of nitrogens with one attached hydrogen (secondary N) is 1. The first kappa shape index (κ1) is 16.9. The third-order valence-corrected chi connectivity index (χ3v) is 5.22. The molecule has 0 spiro atoms. The molecular formula is C14H16FNO4S2. The van der Waals surface area contributed by atoms with Gasteiger partial charge in [0.15, 0.2) is 0 Å². The third-order valence-electron chi connectivity index (χ3n) is 3.07. The lowest BCUT2D eigenvalue weighted by Gasteiger charge is -2.16. The summed E-state index contributed by atoms with van der Waals surface area (Å²) in [7, 11) is -1.09. The standard InChI is InChI=1S/C14H16FNO4S2/c1-19-12-4-3-11(15)7-14(12)22(17,18)16-8-13(20-2)10-5-6-21-9-10/h3-7,9,13,16H,8H2,1-2H3. The fraction of sp³-hybridized carbons (Fsp3) is 0.286. The largest absolute Gasteiger partial charge is 0.495 e. The predicted molar refractivity (Wildman–Crippen MR) is 82.2 cm³/mol. The highest BCUT2D eigenvalue weighted by molar-refractivity contribution is 7.89. The Balaban J connectivity index is 2.19. The Bertz CT molecular complexity index is 716. The van der Waals surface area contributed by atoms with E-state index in [9.17, 15) is 12.8 Å². The predicted octanol–water partition coefficient (Wildman–Crippen LogP) is 2.56. The van der Waals surface area contributed by atoms with E-state index in [1.807, 2.05) is 16.8 Å². The van der Waals surface area contributed by atoms with Crippen LogP contribution in [0.1, 0.15) is 11.7 Å². The summed E-state index contributed by atoms with van der Waals surface area (Å²) in [4.78, 5) is -0.241. The molecule has 5 nitrogen and oxygen atoms in total. The van der Waals surface area contributed by atoms with Gasteiger partial charge in [-0.1, -0.05) is 0 Å². The summed E-state index contributed by atoms with van der Waals surface area (Å²) in [6.07, 6.45) is -0.416. The number of hydrogen-bond acceptors (Lipinski definition) is 5. The number of halogens is 1. The molecule has 22 heavy (non-hydrogen) atoms. The van der Waals surface area contributed by atoms with Gasteiger partial charge in [-0.05, 0) is 40.6 Å². The molecule has 0 radical (unpaired) electrons. The Kier molecular flexibility index (Phi) is 5.52. The van der Waals surface area contributed by atoms with Crippen LogP contribution in [-0.2, 0) is 14.8 Å². The molecule has 0 saturated heterocycles. The zero-order chi connectivity index (χ0) is 16.2. The van der Waals surface area contributed by atoms with Crippen LogP contribution in [0.4, 0.5) is 4.39 Å². The fourth-order valence-electron chi connectivity index (χ4n) is 1.92. The van der Waals surface area contributed by atoms with Crippen LogP contribution in [-0.4, -0.2) is 29.2 Å². The number of thiophene rings is 1. The van der Waals surface area contributed by atoms with Gasteiger partial charge < -0.3 is 9.47 Å². The molecule has 1 heterocycles. The smallest absolute Gasteiger partial charge is 0.244 e. The zero-order valence-corrected chi connectivity index (χ0v) is 13.7. The minimum atomic E-state index is -3.91. The molecule has 1 atom stereocenters. The summed E-state index contributed by atoms with van der Waals surface area (Å²) >= 11 is 1.49. The second-order valence-corrected chi connectivity index (χ2v) is 6.94. The fourth-order valence-corrected chi connectivity index (χ4v) is 3.83. The Hall–Kier alpha value is -1.48. The van der Waals surface area contributed by atoms with Crippen LogP contribution in [0.5, 0.6) is 5.75 Å². The maximum Gasteiger partial charge on any atom is 0.244 e. The Labute approximate surface area is 132 Å². The van der Waals surface area contributed by atoms with E-state index in [1.54, 1.807) is 0 Å². The van der Waals surface area contributed by atoms with Gasteiger partial charge >= 0.3 is 0 Å². The van der Waals surface area contributed by atoms with E-state index in [-0.39, 0.29) is 17.2 Å². The normalized spacial score (nSPS) is 13.0. The molecule has 1 aromatic carbocycles. The first-order valence-electron chi connectivity index (χ1n) is 6.36. The van der Waals surface area contributed by atoms with Crippen LogP contribution in [0.2, 0.25) is 0 Å². The number of ether oxygens (including phenoxy) is 2. The van der Waals surface area contributed by atoms with Crippen molar-refractivity contribution in [3.05, 3.63) is 46.4 Å². The number of hydrogen-bond donors (Lipinski definition) is 1. The monoisotopic (exact) mass is 345 g/mol. The molecule has 0 bridgehead atoms. The Morgan fingerprint density at radius 2 is 2.09 bits per heavy atom. The minimum absolute atomic E-state index is 0.0369. The van der Waals surface area contributed by atoms with Gasteiger partial charge in [-0.15, -0.1) is 0 Å². The summed E-state index contributed by atoms with van der Waals surface area (Å²) in [5.74, 6) is -0.569. The van der Waals surface area contributed by atoms with Gasteiger partial charge in [-0.25, -0.2) is 17.5 Å². The number of sulfonamides is 1. The third kappa shape index (κ3) is 3.83. The van der Waals surface area contributed by atoms with Crippen molar-refractivity contribution >= 4 is 21.4 Å². The van der Waals surface area contributed by atoms with Gasteiger partial charge in [0.2, 0.25) is 10.0 Å². The minimum Gasteiger partial charge on any atom is -0.495 e. The number of rotatable bonds is 7. The van der Waals surface area contributed by atoms with Crippen molar-refractivity contribution in [2.24, 2.45) is 0 Å². The molecule has 0 saturated carbocycles. The van der Waals surface area contributed by atoms with Crippen LogP contribution >= 0.6 is 11.3 Å². The molecule has 1 unspecified atom stereocenters. The van der Waals surface area contributed by atoms with E-state index in [1.165, 1.54) is 31.6 Å². The highest BCUT2D eigenvalue weighted by atomic mass is 32.2. The molecule has 1 N–H and O–H groups in total. The Morgan fingerprint density at radius 3 is 2.68 bits per heavy atom. The molecule has 0 aliphatic rings. The van der Waals surface area contributed by atoms with Gasteiger partial charge in [0.25, 0.3) is 0 Å². The average molecular weight is 345 g/mol. The molecule has 0 amide bonds.